The molecule has 2 fully saturated rings. The number of morpholine rings is 1. The van der Waals surface area contributed by atoms with Gasteiger partial charge in [-0.05, 0) is 35.2 Å². The molecule has 2 heterocycles. The molecule has 4 nitrogen and oxygen atoms in total. The second kappa shape index (κ2) is 6.70. The zero-order valence-electron chi connectivity index (χ0n) is 10.7. The molecule has 1 aliphatic carbocycles. The van der Waals surface area contributed by atoms with Crippen LogP contribution < -0.4 is 5.32 Å². The molecule has 1 saturated carbocycles. The summed E-state index contributed by atoms with van der Waals surface area (Å²) in [6, 6.07) is 2.52. The summed E-state index contributed by atoms with van der Waals surface area (Å²) in [5.41, 5.74) is 1.23. The van der Waals surface area contributed by atoms with Crippen molar-refractivity contribution >= 4 is 29.7 Å². The predicted molar refractivity (Wildman–Crippen MR) is 77.7 cm³/mol. The van der Waals surface area contributed by atoms with Gasteiger partial charge in [-0.2, -0.15) is 11.3 Å². The van der Waals surface area contributed by atoms with Crippen LogP contribution in [0.15, 0.2) is 16.8 Å². The van der Waals surface area contributed by atoms with Gasteiger partial charge in [-0.1, -0.05) is 0 Å². The molecule has 1 aromatic rings. The van der Waals surface area contributed by atoms with Crippen molar-refractivity contribution in [2.24, 2.45) is 0 Å². The molecule has 2 aliphatic rings. The molecule has 0 radical (unpaired) electrons. The molecule has 106 valence electrons. The Labute approximate surface area is 123 Å². The number of halogens is 1. The summed E-state index contributed by atoms with van der Waals surface area (Å²) in [5, 5.41) is 7.39. The molecule has 1 unspecified atom stereocenters. The minimum absolute atomic E-state index is 0. The molecule has 0 aromatic carbocycles. The minimum atomic E-state index is -0.294. The second-order valence-corrected chi connectivity index (χ2v) is 5.67. The number of thiophene rings is 1. The SMILES string of the molecule is Cl.O=C(C1CNCCO1)N(Cc1ccsc1)C1CC1. The van der Waals surface area contributed by atoms with Crippen molar-refractivity contribution in [2.45, 2.75) is 31.5 Å². The first-order chi connectivity index (χ1) is 8.84. The van der Waals surface area contributed by atoms with Crippen LogP contribution in [0.3, 0.4) is 0 Å². The van der Waals surface area contributed by atoms with Crippen molar-refractivity contribution < 1.29 is 9.53 Å². The van der Waals surface area contributed by atoms with Gasteiger partial charge in [-0.15, -0.1) is 12.4 Å². The van der Waals surface area contributed by atoms with Gasteiger partial charge in [0.1, 0.15) is 6.10 Å². The van der Waals surface area contributed by atoms with Crippen LogP contribution in [-0.4, -0.2) is 42.6 Å². The summed E-state index contributed by atoms with van der Waals surface area (Å²) >= 11 is 1.68. The molecule has 1 amide bonds. The first kappa shape index (κ1) is 14.8. The van der Waals surface area contributed by atoms with Crippen molar-refractivity contribution in [2.75, 3.05) is 19.7 Å². The molecule has 3 rings (SSSR count). The Hall–Kier alpha value is -0.620. The number of nitrogens with zero attached hydrogens (tertiary/aromatic N) is 1. The number of hydrogen-bond acceptors (Lipinski definition) is 4. The van der Waals surface area contributed by atoms with E-state index >= 15 is 0 Å². The zero-order valence-corrected chi connectivity index (χ0v) is 12.3. The van der Waals surface area contributed by atoms with E-state index in [1.807, 2.05) is 4.90 Å². The van der Waals surface area contributed by atoms with Gasteiger partial charge in [0.2, 0.25) is 0 Å². The Kier molecular flexibility index (Phi) is 5.21. The fourth-order valence-electron chi connectivity index (χ4n) is 2.26. The highest BCUT2D eigenvalue weighted by Gasteiger charge is 2.36. The highest BCUT2D eigenvalue weighted by molar-refractivity contribution is 7.07. The largest absolute Gasteiger partial charge is 0.366 e. The summed E-state index contributed by atoms with van der Waals surface area (Å²) in [6.45, 7) is 2.85. The summed E-state index contributed by atoms with van der Waals surface area (Å²) in [5.74, 6) is 0.149. The number of carbonyl (C=O) groups excluding carboxylic acids is 1. The van der Waals surface area contributed by atoms with Crippen molar-refractivity contribution in [3.05, 3.63) is 22.4 Å². The number of rotatable bonds is 4. The topological polar surface area (TPSA) is 41.6 Å². The lowest BCUT2D eigenvalue weighted by Crippen LogP contribution is -2.49. The van der Waals surface area contributed by atoms with Gasteiger partial charge < -0.3 is 15.0 Å². The molecular weight excluding hydrogens is 284 g/mol. The van der Waals surface area contributed by atoms with Crippen LogP contribution in [0.1, 0.15) is 18.4 Å². The van der Waals surface area contributed by atoms with Crippen molar-refractivity contribution in [1.82, 2.24) is 10.2 Å². The molecule has 6 heteroatoms. The van der Waals surface area contributed by atoms with Crippen LogP contribution in [-0.2, 0) is 16.1 Å². The number of ether oxygens (including phenoxy) is 1. The van der Waals surface area contributed by atoms with Crippen LogP contribution >= 0.6 is 23.7 Å². The van der Waals surface area contributed by atoms with Gasteiger partial charge in [0.05, 0.1) is 6.61 Å². The van der Waals surface area contributed by atoms with E-state index in [9.17, 15) is 4.79 Å². The summed E-state index contributed by atoms with van der Waals surface area (Å²) in [4.78, 5) is 14.5. The molecule has 19 heavy (non-hydrogen) atoms. The first-order valence-corrected chi connectivity index (χ1v) is 7.43. The van der Waals surface area contributed by atoms with E-state index in [1.54, 1.807) is 11.3 Å². The van der Waals surface area contributed by atoms with Crippen LogP contribution in [0.4, 0.5) is 0 Å². The number of amides is 1. The third-order valence-corrected chi connectivity index (χ3v) is 4.14. The number of hydrogen-bond donors (Lipinski definition) is 1. The molecular formula is C13H19ClN2O2S. The monoisotopic (exact) mass is 302 g/mol. The minimum Gasteiger partial charge on any atom is -0.366 e. The molecule has 0 bridgehead atoms. The van der Waals surface area contributed by atoms with Gasteiger partial charge in [-0.3, -0.25) is 4.79 Å². The Morgan fingerprint density at radius 1 is 1.53 bits per heavy atom. The third-order valence-electron chi connectivity index (χ3n) is 3.41. The quantitative estimate of drug-likeness (QED) is 0.919. The van der Waals surface area contributed by atoms with Crippen LogP contribution in [0.5, 0.6) is 0 Å². The van der Waals surface area contributed by atoms with E-state index in [0.29, 0.717) is 19.2 Å². The first-order valence-electron chi connectivity index (χ1n) is 6.48. The average molecular weight is 303 g/mol. The standard InChI is InChI=1S/C13H18N2O2S.ClH/c16-13(12-7-14-4-5-17-12)15(11-1-2-11)8-10-3-6-18-9-10;/h3,6,9,11-12,14H,1-2,4-5,7-8H2;1H. The van der Waals surface area contributed by atoms with E-state index in [-0.39, 0.29) is 24.4 Å². The third kappa shape index (κ3) is 3.69. The lowest BCUT2D eigenvalue weighted by molar-refractivity contribution is -0.146. The van der Waals surface area contributed by atoms with E-state index < -0.39 is 0 Å². The second-order valence-electron chi connectivity index (χ2n) is 4.89. The predicted octanol–water partition coefficient (Wildman–Crippen LogP) is 1.65. The van der Waals surface area contributed by atoms with E-state index in [1.165, 1.54) is 5.56 Å². The maximum atomic E-state index is 12.5. The smallest absolute Gasteiger partial charge is 0.253 e. The fourth-order valence-corrected chi connectivity index (χ4v) is 2.92. The highest BCUT2D eigenvalue weighted by Crippen LogP contribution is 2.29. The van der Waals surface area contributed by atoms with Crippen LogP contribution in [0.25, 0.3) is 0 Å². The maximum Gasteiger partial charge on any atom is 0.253 e. The molecule has 1 N–H and O–H groups in total. The number of nitrogens with one attached hydrogen (secondary N) is 1. The molecule has 1 atom stereocenters. The van der Waals surface area contributed by atoms with Gasteiger partial charge in [-0.25, -0.2) is 0 Å². The lowest BCUT2D eigenvalue weighted by atomic mass is 10.2. The summed E-state index contributed by atoms with van der Waals surface area (Å²) in [7, 11) is 0. The average Bonchev–Trinajstić information content (AvgIpc) is 3.13. The van der Waals surface area contributed by atoms with Gasteiger partial charge in [0.25, 0.3) is 5.91 Å². The Morgan fingerprint density at radius 2 is 2.37 bits per heavy atom. The number of carbonyl (C=O) groups is 1. The molecule has 0 spiro atoms. The van der Waals surface area contributed by atoms with E-state index in [2.05, 4.69) is 22.1 Å². The molecule has 1 aromatic heterocycles. The van der Waals surface area contributed by atoms with Crippen molar-refractivity contribution in [1.29, 1.82) is 0 Å². The fraction of sp³-hybridized carbons (Fsp3) is 0.615. The Balaban J connectivity index is 0.00000133. The normalized spacial score (nSPS) is 22.6. The summed E-state index contributed by atoms with van der Waals surface area (Å²) < 4.78 is 5.57. The van der Waals surface area contributed by atoms with Crippen LogP contribution in [0.2, 0.25) is 0 Å². The van der Waals surface area contributed by atoms with Crippen LogP contribution in [0, 0.1) is 0 Å². The maximum absolute atomic E-state index is 12.5. The van der Waals surface area contributed by atoms with Crippen molar-refractivity contribution in [3.8, 4) is 0 Å². The van der Waals surface area contributed by atoms with E-state index in [0.717, 1.165) is 25.9 Å². The van der Waals surface area contributed by atoms with Gasteiger partial charge in [0, 0.05) is 25.7 Å². The van der Waals surface area contributed by atoms with Gasteiger partial charge >= 0.3 is 0 Å². The van der Waals surface area contributed by atoms with E-state index in [4.69, 9.17) is 4.74 Å². The lowest BCUT2D eigenvalue weighted by Gasteiger charge is -2.29. The molecule has 1 saturated heterocycles. The zero-order chi connectivity index (χ0) is 12.4. The summed E-state index contributed by atoms with van der Waals surface area (Å²) in [6.07, 6.45) is 1.98. The Bertz CT molecular complexity index is 403. The van der Waals surface area contributed by atoms with Gasteiger partial charge in [0.15, 0.2) is 0 Å². The Morgan fingerprint density at radius 3 is 2.95 bits per heavy atom. The van der Waals surface area contributed by atoms with Crippen molar-refractivity contribution in [3.63, 3.8) is 0 Å². The highest BCUT2D eigenvalue weighted by atomic mass is 35.5. The molecule has 1 aliphatic heterocycles.